The normalized spacial score (nSPS) is 11.7. The highest BCUT2D eigenvalue weighted by Crippen LogP contribution is 2.33. The van der Waals surface area contributed by atoms with Crippen molar-refractivity contribution in [2.45, 2.75) is 46.2 Å². The molecule has 10 nitrogen and oxygen atoms in total. The van der Waals surface area contributed by atoms with Crippen LogP contribution < -0.4 is 5.56 Å². The number of allylic oxidation sites excluding steroid dienone is 1. The van der Waals surface area contributed by atoms with Crippen molar-refractivity contribution in [1.29, 1.82) is 0 Å². The molecule has 0 saturated heterocycles. The minimum Gasteiger partial charge on any atom is -0.463 e. The van der Waals surface area contributed by atoms with Crippen molar-refractivity contribution in [1.82, 2.24) is 34.7 Å². The quantitative estimate of drug-likeness (QED) is 0.131. The third-order valence-electron chi connectivity index (χ3n) is 7.93. The van der Waals surface area contributed by atoms with Gasteiger partial charge in [0.05, 0.1) is 25.2 Å². The fourth-order valence-corrected chi connectivity index (χ4v) is 5.72. The molecule has 6 aromatic rings. The molecule has 0 amide bonds. The maximum Gasteiger partial charge on any atom is 0.331 e. The Hall–Kier alpha value is -5.64. The van der Waals surface area contributed by atoms with E-state index in [0.29, 0.717) is 29.0 Å². The van der Waals surface area contributed by atoms with E-state index in [1.54, 1.807) is 17.7 Å². The first-order chi connectivity index (χ1) is 22.6. The zero-order valence-electron chi connectivity index (χ0n) is 25.9. The number of aromatic amines is 1. The molecule has 0 spiro atoms. The molecule has 3 aromatic heterocycles. The van der Waals surface area contributed by atoms with Crippen molar-refractivity contribution in [3.63, 3.8) is 0 Å². The number of aryl methyl sites for hydroxylation is 1. The van der Waals surface area contributed by atoms with Crippen molar-refractivity contribution in [2.24, 2.45) is 0 Å². The van der Waals surface area contributed by atoms with Crippen LogP contribution in [-0.2, 0) is 29.0 Å². The third kappa shape index (κ3) is 6.41. The lowest BCUT2D eigenvalue weighted by atomic mass is 9.95. The summed E-state index contributed by atoms with van der Waals surface area (Å²) < 4.78 is 8.90. The van der Waals surface area contributed by atoms with Crippen LogP contribution in [0.1, 0.15) is 43.6 Å². The van der Waals surface area contributed by atoms with Crippen molar-refractivity contribution in [3.05, 3.63) is 125 Å². The van der Waals surface area contributed by atoms with E-state index in [2.05, 4.69) is 50.3 Å². The SMILES string of the molecule is CCCCc1nc2ccn(CC(=CC(=O)OCC)c3ccccc3)c(=O)c2n1Cc1ccccc1-c1ccccc1-c1nnn[nH]1. The Morgan fingerprint density at radius 3 is 2.39 bits per heavy atom. The molecule has 0 aliphatic rings. The molecule has 3 aromatic carbocycles. The number of hydrogen-bond donors (Lipinski definition) is 1. The fraction of sp³-hybridized carbons (Fsp3) is 0.222. The predicted molar refractivity (Wildman–Crippen MR) is 178 cm³/mol. The van der Waals surface area contributed by atoms with E-state index in [0.717, 1.165) is 52.9 Å². The number of carbonyl (C=O) groups is 1. The van der Waals surface area contributed by atoms with Gasteiger partial charge in [0.15, 0.2) is 5.82 Å². The number of hydrogen-bond acceptors (Lipinski definition) is 7. The van der Waals surface area contributed by atoms with Crippen LogP contribution in [0.3, 0.4) is 0 Å². The van der Waals surface area contributed by atoms with Crippen molar-refractivity contribution < 1.29 is 9.53 Å². The Morgan fingerprint density at radius 1 is 0.913 bits per heavy atom. The minimum absolute atomic E-state index is 0.177. The van der Waals surface area contributed by atoms with Crippen LogP contribution in [0.15, 0.2) is 102 Å². The maximum absolute atomic E-state index is 14.3. The van der Waals surface area contributed by atoms with Crippen molar-refractivity contribution >= 4 is 22.6 Å². The molecule has 0 fully saturated rings. The number of ether oxygens (including phenoxy) is 1. The molecule has 0 aliphatic carbocycles. The van der Waals surface area contributed by atoms with Gasteiger partial charge in [-0.1, -0.05) is 92.2 Å². The standard InChI is InChI=1S/C36H35N7O3/c1-3-5-19-32-37-31-20-21-42(23-27(22-33(44)46-4-2)25-13-7-6-8-14-25)36(45)34(31)43(32)24-26-15-9-10-16-28(26)29-17-11-12-18-30(29)35-38-40-41-39-35/h6-18,20-22H,3-5,19,23-24H2,1-2H3,(H,38,39,40,41). The van der Waals surface area contributed by atoms with Gasteiger partial charge in [0, 0.05) is 24.3 Å². The summed E-state index contributed by atoms with van der Waals surface area (Å²) in [6, 6.07) is 27.6. The number of benzene rings is 3. The molecule has 46 heavy (non-hydrogen) atoms. The topological polar surface area (TPSA) is 121 Å². The van der Waals surface area contributed by atoms with Crippen LogP contribution in [0.4, 0.5) is 0 Å². The summed E-state index contributed by atoms with van der Waals surface area (Å²) in [5.74, 6) is 0.995. The highest BCUT2D eigenvalue weighted by atomic mass is 16.5. The molecule has 6 rings (SSSR count). The van der Waals surface area contributed by atoms with E-state index in [4.69, 9.17) is 9.72 Å². The van der Waals surface area contributed by atoms with Gasteiger partial charge < -0.3 is 13.9 Å². The lowest BCUT2D eigenvalue weighted by molar-refractivity contribution is -0.137. The molecule has 0 unspecified atom stereocenters. The number of unbranched alkanes of at least 4 members (excludes halogenated alkanes) is 1. The number of rotatable bonds is 12. The van der Waals surface area contributed by atoms with Crippen LogP contribution in [0.2, 0.25) is 0 Å². The van der Waals surface area contributed by atoms with E-state index in [1.807, 2.05) is 66.7 Å². The number of nitrogens with zero attached hydrogens (tertiary/aromatic N) is 6. The summed E-state index contributed by atoms with van der Waals surface area (Å²) in [4.78, 5) is 31.8. The molecule has 0 bridgehead atoms. The number of carbonyl (C=O) groups excluding carboxylic acids is 1. The van der Waals surface area contributed by atoms with E-state index >= 15 is 0 Å². The molecule has 0 atom stereocenters. The number of fused-ring (bicyclic) bond motifs is 1. The Balaban J connectivity index is 1.46. The van der Waals surface area contributed by atoms with E-state index < -0.39 is 5.97 Å². The van der Waals surface area contributed by atoms with Gasteiger partial charge in [0.2, 0.25) is 0 Å². The van der Waals surface area contributed by atoms with Gasteiger partial charge in [0.1, 0.15) is 11.3 Å². The number of aromatic nitrogens is 7. The van der Waals surface area contributed by atoms with Gasteiger partial charge in [-0.15, -0.1) is 5.10 Å². The van der Waals surface area contributed by atoms with E-state index in [-0.39, 0.29) is 18.7 Å². The summed E-state index contributed by atoms with van der Waals surface area (Å²) >= 11 is 0. The molecule has 0 radical (unpaired) electrons. The van der Waals surface area contributed by atoms with Crippen LogP contribution >= 0.6 is 0 Å². The second-order valence-corrected chi connectivity index (χ2v) is 10.9. The molecule has 3 heterocycles. The smallest absolute Gasteiger partial charge is 0.331 e. The van der Waals surface area contributed by atoms with Crippen LogP contribution in [0.5, 0.6) is 0 Å². The second-order valence-electron chi connectivity index (χ2n) is 10.9. The van der Waals surface area contributed by atoms with Crippen LogP contribution in [-0.4, -0.2) is 47.3 Å². The number of H-pyrrole nitrogens is 1. The minimum atomic E-state index is -0.444. The number of imidazole rings is 1. The predicted octanol–water partition coefficient (Wildman–Crippen LogP) is 6.08. The molecular weight excluding hydrogens is 578 g/mol. The highest BCUT2D eigenvalue weighted by molar-refractivity contribution is 5.91. The van der Waals surface area contributed by atoms with E-state index in [1.165, 1.54) is 6.08 Å². The van der Waals surface area contributed by atoms with E-state index in [9.17, 15) is 9.59 Å². The highest BCUT2D eigenvalue weighted by Gasteiger charge is 2.19. The average molecular weight is 614 g/mol. The first kappa shape index (κ1) is 30.4. The van der Waals surface area contributed by atoms with Gasteiger partial charge in [0.25, 0.3) is 5.56 Å². The zero-order chi connectivity index (χ0) is 31.9. The maximum atomic E-state index is 14.3. The first-order valence-corrected chi connectivity index (χ1v) is 15.5. The summed E-state index contributed by atoms with van der Waals surface area (Å²) in [5, 5.41) is 14.6. The van der Waals surface area contributed by atoms with Gasteiger partial charge in [-0.05, 0) is 57.7 Å². The van der Waals surface area contributed by atoms with Crippen molar-refractivity contribution in [2.75, 3.05) is 6.61 Å². The van der Waals surface area contributed by atoms with Gasteiger partial charge >= 0.3 is 5.97 Å². The average Bonchev–Trinajstić information content (AvgIpc) is 3.74. The molecule has 0 saturated carbocycles. The van der Waals surface area contributed by atoms with Crippen molar-refractivity contribution in [3.8, 4) is 22.5 Å². The number of nitrogens with one attached hydrogen (secondary N) is 1. The molecule has 0 aliphatic heterocycles. The van der Waals surface area contributed by atoms with Gasteiger partial charge in [-0.25, -0.2) is 14.9 Å². The van der Waals surface area contributed by atoms with Crippen LogP contribution in [0, 0.1) is 0 Å². The number of pyridine rings is 1. The molecule has 10 heteroatoms. The molecule has 232 valence electrons. The number of tetrazole rings is 1. The Morgan fingerprint density at radius 2 is 1.65 bits per heavy atom. The summed E-state index contributed by atoms with van der Waals surface area (Å²) in [5.41, 5.74) is 6.42. The summed E-state index contributed by atoms with van der Waals surface area (Å²) in [7, 11) is 0. The monoisotopic (exact) mass is 613 g/mol. The molecular formula is C36H35N7O3. The summed E-state index contributed by atoms with van der Waals surface area (Å²) in [6.45, 7) is 4.82. The summed E-state index contributed by atoms with van der Waals surface area (Å²) in [6.07, 6.45) is 5.91. The first-order valence-electron chi connectivity index (χ1n) is 15.5. The third-order valence-corrected chi connectivity index (χ3v) is 7.93. The lowest BCUT2D eigenvalue weighted by Gasteiger charge is -2.16. The molecule has 1 N–H and O–H groups in total. The van der Waals surface area contributed by atoms with Crippen LogP contribution in [0.25, 0.3) is 39.1 Å². The lowest BCUT2D eigenvalue weighted by Crippen LogP contribution is -2.23. The van der Waals surface area contributed by atoms with Gasteiger partial charge in [-0.2, -0.15) is 0 Å². The number of esters is 1. The Kier molecular flexibility index (Phi) is 9.24. The Labute approximate surface area is 266 Å². The zero-order valence-corrected chi connectivity index (χ0v) is 25.9. The Bertz CT molecular complexity index is 2040. The fourth-order valence-electron chi connectivity index (χ4n) is 5.72. The largest absolute Gasteiger partial charge is 0.463 e. The van der Waals surface area contributed by atoms with Gasteiger partial charge in [-0.3, -0.25) is 4.79 Å². The second kappa shape index (κ2) is 14.0.